The number of rotatable bonds is 3. The molecule has 19 heavy (non-hydrogen) atoms. The monoisotopic (exact) mass is 262 g/mol. The van der Waals surface area contributed by atoms with Gasteiger partial charge < -0.3 is 10.6 Å². The van der Waals surface area contributed by atoms with Crippen molar-refractivity contribution in [3.63, 3.8) is 0 Å². The van der Waals surface area contributed by atoms with Gasteiger partial charge in [0.15, 0.2) is 0 Å². The normalized spacial score (nSPS) is 21.3. The molecule has 2 rings (SSSR count). The zero-order valence-corrected chi connectivity index (χ0v) is 11.1. The molecule has 102 valence electrons. The molecule has 1 saturated heterocycles. The lowest BCUT2D eigenvalue weighted by Crippen LogP contribution is -2.54. The number of benzene rings is 1. The maximum Gasteiger partial charge on any atom is 0.124 e. The molecule has 4 nitrogen and oxygen atoms in total. The lowest BCUT2D eigenvalue weighted by Gasteiger charge is -2.39. The SMILES string of the molecule is CN1CCN(Cc2cc(F)cc(C#N)c2)C(CN)C1. The molecule has 1 fully saturated rings. The molecular formula is C14H19FN4. The average Bonchev–Trinajstić information content (AvgIpc) is 2.40. The van der Waals surface area contributed by atoms with Crippen molar-refractivity contribution in [2.75, 3.05) is 33.2 Å². The third kappa shape index (κ3) is 3.51. The van der Waals surface area contributed by atoms with Crippen LogP contribution in [0.4, 0.5) is 4.39 Å². The first-order chi connectivity index (χ1) is 9.12. The maximum absolute atomic E-state index is 13.4. The largest absolute Gasteiger partial charge is 0.329 e. The van der Waals surface area contributed by atoms with E-state index in [-0.39, 0.29) is 11.9 Å². The van der Waals surface area contributed by atoms with Gasteiger partial charge in [0.1, 0.15) is 5.82 Å². The maximum atomic E-state index is 13.4. The Morgan fingerprint density at radius 3 is 2.89 bits per heavy atom. The number of hydrogen-bond donors (Lipinski definition) is 1. The van der Waals surface area contributed by atoms with E-state index < -0.39 is 0 Å². The minimum Gasteiger partial charge on any atom is -0.329 e. The van der Waals surface area contributed by atoms with Gasteiger partial charge in [-0.2, -0.15) is 5.26 Å². The summed E-state index contributed by atoms with van der Waals surface area (Å²) in [4.78, 5) is 4.51. The van der Waals surface area contributed by atoms with Crippen LogP contribution in [-0.2, 0) is 6.54 Å². The number of likely N-dealkylation sites (N-methyl/N-ethyl adjacent to an activating group) is 1. The molecule has 0 spiro atoms. The summed E-state index contributed by atoms with van der Waals surface area (Å²) in [5.74, 6) is -0.354. The van der Waals surface area contributed by atoms with Gasteiger partial charge in [-0.15, -0.1) is 0 Å². The van der Waals surface area contributed by atoms with Crippen LogP contribution < -0.4 is 5.73 Å². The topological polar surface area (TPSA) is 56.3 Å². The Hall–Kier alpha value is -1.48. The van der Waals surface area contributed by atoms with Crippen LogP contribution in [-0.4, -0.2) is 49.1 Å². The number of piperazine rings is 1. The van der Waals surface area contributed by atoms with E-state index in [1.54, 1.807) is 6.07 Å². The lowest BCUT2D eigenvalue weighted by atomic mass is 10.1. The van der Waals surface area contributed by atoms with Gasteiger partial charge in [0, 0.05) is 38.8 Å². The molecule has 0 amide bonds. The van der Waals surface area contributed by atoms with Crippen molar-refractivity contribution in [2.45, 2.75) is 12.6 Å². The first-order valence-electron chi connectivity index (χ1n) is 6.44. The van der Waals surface area contributed by atoms with Crippen LogP contribution in [0.1, 0.15) is 11.1 Å². The van der Waals surface area contributed by atoms with Crippen LogP contribution in [0.25, 0.3) is 0 Å². The third-order valence-electron chi connectivity index (χ3n) is 3.55. The highest BCUT2D eigenvalue weighted by Gasteiger charge is 2.24. The highest BCUT2D eigenvalue weighted by molar-refractivity contribution is 5.33. The Labute approximate surface area is 113 Å². The van der Waals surface area contributed by atoms with Gasteiger partial charge in [-0.3, -0.25) is 4.90 Å². The quantitative estimate of drug-likeness (QED) is 0.874. The van der Waals surface area contributed by atoms with E-state index in [4.69, 9.17) is 11.0 Å². The lowest BCUT2D eigenvalue weighted by molar-refractivity contribution is 0.0880. The summed E-state index contributed by atoms with van der Waals surface area (Å²) in [5.41, 5.74) is 7.00. The van der Waals surface area contributed by atoms with E-state index >= 15 is 0 Å². The van der Waals surface area contributed by atoms with Gasteiger partial charge >= 0.3 is 0 Å². The molecule has 1 aliphatic rings. The molecule has 1 aromatic rings. The van der Waals surface area contributed by atoms with Gasteiger partial charge in [-0.25, -0.2) is 4.39 Å². The van der Waals surface area contributed by atoms with E-state index in [9.17, 15) is 4.39 Å². The minimum absolute atomic E-state index is 0.285. The first kappa shape index (κ1) is 13.9. The Kier molecular flexibility index (Phi) is 4.48. The number of nitrogens with two attached hydrogens (primary N) is 1. The first-order valence-corrected chi connectivity index (χ1v) is 6.44. The average molecular weight is 262 g/mol. The van der Waals surface area contributed by atoms with E-state index in [1.807, 2.05) is 6.07 Å². The zero-order valence-electron chi connectivity index (χ0n) is 11.1. The Balaban J connectivity index is 2.12. The third-order valence-corrected chi connectivity index (χ3v) is 3.55. The van der Waals surface area contributed by atoms with Gasteiger partial charge in [0.2, 0.25) is 0 Å². The summed E-state index contributed by atoms with van der Waals surface area (Å²) >= 11 is 0. The number of hydrogen-bond acceptors (Lipinski definition) is 4. The van der Waals surface area contributed by atoms with Gasteiger partial charge in [0.25, 0.3) is 0 Å². The summed E-state index contributed by atoms with van der Waals surface area (Å²) < 4.78 is 13.4. The summed E-state index contributed by atoms with van der Waals surface area (Å²) in [6, 6.07) is 6.77. The van der Waals surface area contributed by atoms with E-state index in [0.29, 0.717) is 18.7 Å². The Bertz CT molecular complexity index is 483. The van der Waals surface area contributed by atoms with Crippen molar-refractivity contribution in [2.24, 2.45) is 5.73 Å². The predicted octanol–water partition coefficient (Wildman–Crippen LogP) is 0.772. The number of nitrogens with zero attached hydrogens (tertiary/aromatic N) is 3. The molecule has 2 N–H and O–H groups in total. The number of halogens is 1. The summed E-state index contributed by atoms with van der Waals surface area (Å²) in [6.07, 6.45) is 0. The predicted molar refractivity (Wildman–Crippen MR) is 71.9 cm³/mol. The second kappa shape index (κ2) is 6.11. The molecule has 0 radical (unpaired) electrons. The van der Waals surface area contributed by atoms with Crippen LogP contribution in [0, 0.1) is 17.1 Å². The van der Waals surface area contributed by atoms with Crippen LogP contribution in [0.15, 0.2) is 18.2 Å². The van der Waals surface area contributed by atoms with Crippen molar-refractivity contribution in [1.82, 2.24) is 9.80 Å². The van der Waals surface area contributed by atoms with Crippen molar-refractivity contribution in [3.05, 3.63) is 35.1 Å². The highest BCUT2D eigenvalue weighted by atomic mass is 19.1. The molecule has 5 heteroatoms. The molecule has 1 unspecified atom stereocenters. The van der Waals surface area contributed by atoms with E-state index in [1.165, 1.54) is 12.1 Å². The van der Waals surface area contributed by atoms with Gasteiger partial charge in [0.05, 0.1) is 11.6 Å². The zero-order chi connectivity index (χ0) is 13.8. The molecule has 1 atom stereocenters. The second-order valence-corrected chi connectivity index (χ2v) is 5.08. The fourth-order valence-electron chi connectivity index (χ4n) is 2.52. The molecule has 0 bridgehead atoms. The van der Waals surface area contributed by atoms with Gasteiger partial charge in [-0.1, -0.05) is 0 Å². The fraction of sp³-hybridized carbons (Fsp3) is 0.500. The summed E-state index contributed by atoms with van der Waals surface area (Å²) in [7, 11) is 2.08. The molecule has 1 heterocycles. The molecule has 1 aliphatic heterocycles. The van der Waals surface area contributed by atoms with Crippen molar-refractivity contribution in [3.8, 4) is 6.07 Å². The molecule has 0 aliphatic carbocycles. The van der Waals surface area contributed by atoms with E-state index in [0.717, 1.165) is 25.2 Å². The molecule has 1 aromatic carbocycles. The van der Waals surface area contributed by atoms with Crippen LogP contribution in [0.5, 0.6) is 0 Å². The van der Waals surface area contributed by atoms with Gasteiger partial charge in [-0.05, 0) is 30.8 Å². The summed E-state index contributed by atoms with van der Waals surface area (Å²) in [6.45, 7) is 4.05. The summed E-state index contributed by atoms with van der Waals surface area (Å²) in [5, 5.41) is 8.87. The second-order valence-electron chi connectivity index (χ2n) is 5.08. The smallest absolute Gasteiger partial charge is 0.124 e. The fourth-order valence-corrected chi connectivity index (χ4v) is 2.52. The number of nitriles is 1. The molecule has 0 aromatic heterocycles. The molecule has 0 saturated carbocycles. The molecular weight excluding hydrogens is 243 g/mol. The van der Waals surface area contributed by atoms with Crippen molar-refractivity contribution >= 4 is 0 Å². The van der Waals surface area contributed by atoms with Crippen molar-refractivity contribution < 1.29 is 4.39 Å². The Morgan fingerprint density at radius 2 is 2.21 bits per heavy atom. The minimum atomic E-state index is -0.354. The van der Waals surface area contributed by atoms with E-state index in [2.05, 4.69) is 16.8 Å². The van der Waals surface area contributed by atoms with Crippen molar-refractivity contribution in [1.29, 1.82) is 5.26 Å². The van der Waals surface area contributed by atoms with Crippen LogP contribution in [0.2, 0.25) is 0 Å². The standard InChI is InChI=1S/C14H19FN4/c1-18-2-3-19(14(8-17)10-18)9-12-4-11(7-16)5-13(15)6-12/h4-6,14H,2-3,8-10,17H2,1H3. The highest BCUT2D eigenvalue weighted by Crippen LogP contribution is 2.15. The van der Waals surface area contributed by atoms with Crippen LogP contribution in [0.3, 0.4) is 0 Å². The van der Waals surface area contributed by atoms with Crippen LogP contribution >= 0.6 is 0 Å². The Morgan fingerprint density at radius 1 is 1.42 bits per heavy atom.